The SMILES string of the molecule is CCCOc1cncc(C(NCC)c2ccccc2C)c1. The fraction of sp³-hybridized carbons (Fsp3) is 0.389. The first-order valence-electron chi connectivity index (χ1n) is 7.63. The number of nitrogens with zero attached hydrogens (tertiary/aromatic N) is 1. The van der Waals surface area contributed by atoms with Crippen LogP contribution in [0.5, 0.6) is 5.75 Å². The molecule has 0 aliphatic heterocycles. The Bertz CT molecular complexity index is 569. The number of hydrogen-bond donors (Lipinski definition) is 1. The second-order valence-electron chi connectivity index (χ2n) is 5.15. The zero-order valence-electron chi connectivity index (χ0n) is 13.1. The Balaban J connectivity index is 2.32. The minimum Gasteiger partial charge on any atom is -0.492 e. The molecule has 0 saturated heterocycles. The van der Waals surface area contributed by atoms with Crippen LogP contribution >= 0.6 is 0 Å². The van der Waals surface area contributed by atoms with Crippen LogP contribution in [0.15, 0.2) is 42.7 Å². The summed E-state index contributed by atoms with van der Waals surface area (Å²) < 4.78 is 5.70. The molecule has 0 saturated carbocycles. The topological polar surface area (TPSA) is 34.1 Å². The van der Waals surface area contributed by atoms with Crippen molar-refractivity contribution in [2.75, 3.05) is 13.2 Å². The predicted octanol–water partition coefficient (Wildman–Crippen LogP) is 3.88. The monoisotopic (exact) mass is 284 g/mol. The lowest BCUT2D eigenvalue weighted by molar-refractivity contribution is 0.315. The van der Waals surface area contributed by atoms with Crippen LogP contribution in [0.3, 0.4) is 0 Å². The number of aryl methyl sites for hydroxylation is 1. The molecule has 1 atom stereocenters. The Hall–Kier alpha value is -1.87. The van der Waals surface area contributed by atoms with Gasteiger partial charge >= 0.3 is 0 Å². The largest absolute Gasteiger partial charge is 0.492 e. The molecule has 1 N–H and O–H groups in total. The van der Waals surface area contributed by atoms with Gasteiger partial charge in [0.05, 0.1) is 18.8 Å². The molecule has 0 radical (unpaired) electrons. The van der Waals surface area contributed by atoms with Crippen LogP contribution in [0.4, 0.5) is 0 Å². The summed E-state index contributed by atoms with van der Waals surface area (Å²) in [6.45, 7) is 7.99. The third kappa shape index (κ3) is 4.05. The number of ether oxygens (including phenoxy) is 1. The molecule has 1 aromatic heterocycles. The van der Waals surface area contributed by atoms with Crippen molar-refractivity contribution < 1.29 is 4.74 Å². The molecule has 2 rings (SSSR count). The Morgan fingerprint density at radius 1 is 1.19 bits per heavy atom. The van der Waals surface area contributed by atoms with Gasteiger partial charge in [0.1, 0.15) is 5.75 Å². The average molecular weight is 284 g/mol. The molecule has 3 heteroatoms. The Morgan fingerprint density at radius 2 is 2.00 bits per heavy atom. The molecule has 2 aromatic rings. The summed E-state index contributed by atoms with van der Waals surface area (Å²) in [5.41, 5.74) is 3.71. The van der Waals surface area contributed by atoms with Gasteiger partial charge in [0.15, 0.2) is 0 Å². The maximum Gasteiger partial charge on any atom is 0.137 e. The van der Waals surface area contributed by atoms with Crippen LogP contribution in [-0.4, -0.2) is 18.1 Å². The average Bonchev–Trinajstić information content (AvgIpc) is 2.52. The van der Waals surface area contributed by atoms with Crippen LogP contribution < -0.4 is 10.1 Å². The first-order valence-corrected chi connectivity index (χ1v) is 7.63. The summed E-state index contributed by atoms with van der Waals surface area (Å²) in [6.07, 6.45) is 4.69. The maximum atomic E-state index is 5.70. The number of aromatic nitrogens is 1. The summed E-state index contributed by atoms with van der Waals surface area (Å²) in [5.74, 6) is 0.839. The van der Waals surface area contributed by atoms with Gasteiger partial charge in [-0.15, -0.1) is 0 Å². The van der Waals surface area contributed by atoms with Crippen molar-refractivity contribution in [1.29, 1.82) is 0 Å². The van der Waals surface area contributed by atoms with E-state index in [9.17, 15) is 0 Å². The number of pyridine rings is 1. The second kappa shape index (κ2) is 7.79. The zero-order chi connectivity index (χ0) is 15.1. The third-order valence-electron chi connectivity index (χ3n) is 3.45. The highest BCUT2D eigenvalue weighted by molar-refractivity contribution is 5.38. The lowest BCUT2D eigenvalue weighted by atomic mass is 9.96. The molecule has 1 aromatic carbocycles. The first kappa shape index (κ1) is 15.5. The van der Waals surface area contributed by atoms with E-state index in [1.807, 2.05) is 6.20 Å². The van der Waals surface area contributed by atoms with Gasteiger partial charge in [-0.25, -0.2) is 0 Å². The molecule has 0 aliphatic rings. The molecule has 1 heterocycles. The first-order chi connectivity index (χ1) is 10.3. The van der Waals surface area contributed by atoms with Crippen LogP contribution in [0, 0.1) is 6.92 Å². The molecule has 1 unspecified atom stereocenters. The van der Waals surface area contributed by atoms with E-state index in [1.165, 1.54) is 11.1 Å². The van der Waals surface area contributed by atoms with Gasteiger partial charge in [0.25, 0.3) is 0 Å². The van der Waals surface area contributed by atoms with Gasteiger partial charge in [-0.05, 0) is 42.6 Å². The summed E-state index contributed by atoms with van der Waals surface area (Å²) in [6, 6.07) is 10.7. The predicted molar refractivity (Wildman–Crippen MR) is 86.7 cm³/mol. The van der Waals surface area contributed by atoms with Crippen molar-refractivity contribution in [1.82, 2.24) is 10.3 Å². The molecule has 0 aliphatic carbocycles. The summed E-state index contributed by atoms with van der Waals surface area (Å²) in [5, 5.41) is 3.54. The Kier molecular flexibility index (Phi) is 5.76. The van der Waals surface area contributed by atoms with Gasteiger partial charge in [-0.1, -0.05) is 38.1 Å². The Labute approximate surface area is 127 Å². The van der Waals surface area contributed by atoms with Crippen molar-refractivity contribution in [3.8, 4) is 5.75 Å². The van der Waals surface area contributed by atoms with Gasteiger partial charge < -0.3 is 10.1 Å². The molecule has 0 bridgehead atoms. The quantitative estimate of drug-likeness (QED) is 0.838. The highest BCUT2D eigenvalue weighted by atomic mass is 16.5. The van der Waals surface area contributed by atoms with E-state index >= 15 is 0 Å². The number of benzene rings is 1. The minimum atomic E-state index is 0.147. The summed E-state index contributed by atoms with van der Waals surface area (Å²) in [4.78, 5) is 4.33. The number of nitrogens with one attached hydrogen (secondary N) is 1. The molecule has 0 spiro atoms. The van der Waals surface area contributed by atoms with E-state index in [2.05, 4.69) is 61.4 Å². The van der Waals surface area contributed by atoms with E-state index in [1.54, 1.807) is 6.20 Å². The van der Waals surface area contributed by atoms with Crippen molar-refractivity contribution in [2.24, 2.45) is 0 Å². The van der Waals surface area contributed by atoms with Crippen molar-refractivity contribution >= 4 is 0 Å². The Morgan fingerprint density at radius 3 is 2.71 bits per heavy atom. The lowest BCUT2D eigenvalue weighted by Gasteiger charge is -2.21. The molecule has 21 heavy (non-hydrogen) atoms. The van der Waals surface area contributed by atoms with Crippen LogP contribution in [0.25, 0.3) is 0 Å². The van der Waals surface area contributed by atoms with Gasteiger partial charge in [0.2, 0.25) is 0 Å². The smallest absolute Gasteiger partial charge is 0.137 e. The number of rotatable bonds is 7. The van der Waals surface area contributed by atoms with E-state index in [4.69, 9.17) is 4.74 Å². The fourth-order valence-corrected chi connectivity index (χ4v) is 2.41. The van der Waals surface area contributed by atoms with Crippen molar-refractivity contribution in [2.45, 2.75) is 33.2 Å². The standard InChI is InChI=1S/C18H24N2O/c1-4-10-21-16-11-15(12-19-13-16)18(20-5-2)17-9-7-6-8-14(17)3/h6-9,11-13,18,20H,4-5,10H2,1-3H3. The van der Waals surface area contributed by atoms with Crippen LogP contribution in [-0.2, 0) is 0 Å². The highest BCUT2D eigenvalue weighted by Crippen LogP contribution is 2.26. The molecule has 3 nitrogen and oxygen atoms in total. The summed E-state index contributed by atoms with van der Waals surface area (Å²) in [7, 11) is 0. The molecular formula is C18H24N2O. The highest BCUT2D eigenvalue weighted by Gasteiger charge is 2.15. The maximum absolute atomic E-state index is 5.70. The van der Waals surface area contributed by atoms with Gasteiger partial charge in [-0.3, -0.25) is 4.98 Å². The van der Waals surface area contributed by atoms with Crippen LogP contribution in [0.1, 0.15) is 43.0 Å². The summed E-state index contributed by atoms with van der Waals surface area (Å²) >= 11 is 0. The molecule has 0 fully saturated rings. The van der Waals surface area contributed by atoms with E-state index in [-0.39, 0.29) is 6.04 Å². The van der Waals surface area contributed by atoms with Gasteiger partial charge in [-0.2, -0.15) is 0 Å². The van der Waals surface area contributed by atoms with Crippen molar-refractivity contribution in [3.05, 3.63) is 59.4 Å². The van der Waals surface area contributed by atoms with E-state index < -0.39 is 0 Å². The minimum absolute atomic E-state index is 0.147. The zero-order valence-corrected chi connectivity index (χ0v) is 13.1. The molecular weight excluding hydrogens is 260 g/mol. The van der Waals surface area contributed by atoms with Crippen molar-refractivity contribution in [3.63, 3.8) is 0 Å². The lowest BCUT2D eigenvalue weighted by Crippen LogP contribution is -2.23. The normalized spacial score (nSPS) is 12.1. The van der Waals surface area contributed by atoms with Gasteiger partial charge in [0, 0.05) is 6.20 Å². The fourth-order valence-electron chi connectivity index (χ4n) is 2.41. The second-order valence-corrected chi connectivity index (χ2v) is 5.15. The molecule has 112 valence electrons. The number of hydrogen-bond acceptors (Lipinski definition) is 3. The third-order valence-corrected chi connectivity index (χ3v) is 3.45. The van der Waals surface area contributed by atoms with E-state index in [0.29, 0.717) is 0 Å². The van der Waals surface area contributed by atoms with E-state index in [0.717, 1.165) is 30.9 Å². The van der Waals surface area contributed by atoms with Crippen LogP contribution in [0.2, 0.25) is 0 Å². The molecule has 0 amide bonds.